The molecule has 0 radical (unpaired) electrons. The number of imidazole rings is 1. The van der Waals surface area contributed by atoms with E-state index in [0.29, 0.717) is 28.6 Å². The van der Waals surface area contributed by atoms with Crippen LogP contribution in [0.4, 0.5) is 20.3 Å². The Morgan fingerprint density at radius 3 is 2.87 bits per heavy atom. The maximum Gasteiger partial charge on any atom is 0.154 e. The first-order valence-corrected chi connectivity index (χ1v) is 9.49. The second-order valence-corrected chi connectivity index (χ2v) is 7.23. The summed E-state index contributed by atoms with van der Waals surface area (Å²) in [5.74, 6) is 0.169. The van der Waals surface area contributed by atoms with Crippen LogP contribution in [0.5, 0.6) is 5.75 Å². The zero-order valence-corrected chi connectivity index (χ0v) is 16.1. The number of aliphatic hydroxyl groups is 1. The SMILES string of the molecule is Cc1ccc(N2c3cccc(-c4nc5c(F)cc(F)cc5[nH]4)c3OCC2CO)nc1. The quantitative estimate of drug-likeness (QED) is 0.534. The Morgan fingerprint density at radius 2 is 2.10 bits per heavy atom. The molecule has 0 aliphatic carbocycles. The molecular formula is C22H18F2N4O2. The molecule has 3 heterocycles. The highest BCUT2D eigenvalue weighted by Crippen LogP contribution is 2.44. The van der Waals surface area contributed by atoms with Crippen LogP contribution in [0.15, 0.2) is 48.7 Å². The molecule has 2 N–H and O–H groups in total. The Balaban J connectivity index is 1.66. The molecule has 0 bridgehead atoms. The first-order chi connectivity index (χ1) is 14.5. The van der Waals surface area contributed by atoms with Gasteiger partial charge >= 0.3 is 0 Å². The molecule has 8 heteroatoms. The summed E-state index contributed by atoms with van der Waals surface area (Å²) in [7, 11) is 0. The number of aromatic amines is 1. The third-order valence-electron chi connectivity index (χ3n) is 5.15. The molecule has 6 nitrogen and oxygen atoms in total. The number of hydrogen-bond acceptors (Lipinski definition) is 5. The predicted molar refractivity (Wildman–Crippen MR) is 109 cm³/mol. The summed E-state index contributed by atoms with van der Waals surface area (Å²) in [6, 6.07) is 11.0. The van der Waals surface area contributed by atoms with Crippen molar-refractivity contribution < 1.29 is 18.6 Å². The summed E-state index contributed by atoms with van der Waals surface area (Å²) in [5, 5.41) is 9.90. The van der Waals surface area contributed by atoms with Gasteiger partial charge in [0, 0.05) is 12.3 Å². The van der Waals surface area contributed by atoms with Crippen molar-refractivity contribution in [3.63, 3.8) is 0 Å². The Kier molecular flexibility index (Phi) is 4.36. The third-order valence-corrected chi connectivity index (χ3v) is 5.15. The highest BCUT2D eigenvalue weighted by atomic mass is 19.1. The minimum absolute atomic E-state index is 0.0603. The van der Waals surface area contributed by atoms with Crippen LogP contribution >= 0.6 is 0 Å². The van der Waals surface area contributed by atoms with Crippen molar-refractivity contribution in [1.29, 1.82) is 0 Å². The monoisotopic (exact) mass is 408 g/mol. The molecule has 1 aliphatic heterocycles. The number of para-hydroxylation sites is 1. The molecule has 2 aromatic heterocycles. The van der Waals surface area contributed by atoms with Gasteiger partial charge in [-0.05, 0) is 36.8 Å². The number of halogens is 2. The molecule has 152 valence electrons. The van der Waals surface area contributed by atoms with Gasteiger partial charge < -0.3 is 19.7 Å². The van der Waals surface area contributed by atoms with E-state index in [-0.39, 0.29) is 30.3 Å². The molecule has 1 atom stereocenters. The van der Waals surface area contributed by atoms with Gasteiger partial charge in [-0.15, -0.1) is 0 Å². The molecule has 1 unspecified atom stereocenters. The lowest BCUT2D eigenvalue weighted by Gasteiger charge is -2.37. The van der Waals surface area contributed by atoms with Crippen LogP contribution in [-0.4, -0.2) is 39.3 Å². The van der Waals surface area contributed by atoms with Crippen LogP contribution in [0.3, 0.4) is 0 Å². The zero-order chi connectivity index (χ0) is 20.8. The van der Waals surface area contributed by atoms with Gasteiger partial charge in [0.2, 0.25) is 0 Å². The van der Waals surface area contributed by atoms with Crippen molar-refractivity contribution in [3.8, 4) is 17.1 Å². The summed E-state index contributed by atoms with van der Waals surface area (Å²) < 4.78 is 33.7. The van der Waals surface area contributed by atoms with Crippen molar-refractivity contribution >= 4 is 22.5 Å². The zero-order valence-electron chi connectivity index (χ0n) is 16.1. The molecule has 4 aromatic rings. The van der Waals surface area contributed by atoms with E-state index in [1.54, 1.807) is 12.3 Å². The average molecular weight is 408 g/mol. The smallest absolute Gasteiger partial charge is 0.154 e. The Labute approximate surface area is 170 Å². The van der Waals surface area contributed by atoms with E-state index in [9.17, 15) is 13.9 Å². The van der Waals surface area contributed by atoms with E-state index < -0.39 is 11.6 Å². The molecule has 5 rings (SSSR count). The number of aliphatic hydroxyl groups excluding tert-OH is 1. The van der Waals surface area contributed by atoms with Gasteiger partial charge in [0.25, 0.3) is 0 Å². The van der Waals surface area contributed by atoms with Crippen molar-refractivity contribution in [2.45, 2.75) is 13.0 Å². The number of nitrogens with one attached hydrogen (secondary N) is 1. The van der Waals surface area contributed by atoms with E-state index in [0.717, 1.165) is 11.6 Å². The Hall–Kier alpha value is -3.52. The third kappa shape index (κ3) is 2.96. The lowest BCUT2D eigenvalue weighted by Crippen LogP contribution is -2.43. The average Bonchev–Trinajstić information content (AvgIpc) is 3.17. The summed E-state index contributed by atoms with van der Waals surface area (Å²) in [6.07, 6.45) is 1.76. The standard InChI is InChI=1S/C22H18F2N4O2/c1-12-5-6-19(25-9-12)28-14(10-29)11-30-21-15(3-2-4-18(21)28)22-26-17-8-13(23)7-16(24)20(17)27-22/h2-9,14,29H,10-11H2,1H3,(H,26,27). The van der Waals surface area contributed by atoms with E-state index in [4.69, 9.17) is 4.74 Å². The lowest BCUT2D eigenvalue weighted by molar-refractivity contribution is 0.195. The highest BCUT2D eigenvalue weighted by molar-refractivity contribution is 5.85. The number of benzene rings is 2. The highest BCUT2D eigenvalue weighted by Gasteiger charge is 2.31. The number of rotatable bonds is 3. The fourth-order valence-corrected chi connectivity index (χ4v) is 3.72. The number of aromatic nitrogens is 3. The molecule has 0 saturated heterocycles. The fraction of sp³-hybridized carbons (Fsp3) is 0.182. The molecule has 2 aromatic carbocycles. The van der Waals surface area contributed by atoms with Crippen molar-refractivity contribution in [2.24, 2.45) is 0 Å². The second-order valence-electron chi connectivity index (χ2n) is 7.23. The number of anilines is 2. The van der Waals surface area contributed by atoms with Gasteiger partial charge in [0.1, 0.15) is 29.6 Å². The first kappa shape index (κ1) is 18.5. The molecule has 30 heavy (non-hydrogen) atoms. The normalized spacial score (nSPS) is 15.9. The van der Waals surface area contributed by atoms with E-state index in [2.05, 4.69) is 15.0 Å². The van der Waals surface area contributed by atoms with Gasteiger partial charge in [0.05, 0.1) is 29.4 Å². The van der Waals surface area contributed by atoms with Crippen molar-refractivity contribution in [2.75, 3.05) is 18.1 Å². The summed E-state index contributed by atoms with van der Waals surface area (Å²) in [6.45, 7) is 2.07. The van der Waals surface area contributed by atoms with Crippen molar-refractivity contribution in [1.82, 2.24) is 15.0 Å². The number of nitrogens with zero attached hydrogens (tertiary/aromatic N) is 3. The number of hydrogen-bond donors (Lipinski definition) is 2. The fourth-order valence-electron chi connectivity index (χ4n) is 3.72. The Bertz CT molecular complexity index is 1240. The number of H-pyrrole nitrogens is 1. The number of ether oxygens (including phenoxy) is 1. The first-order valence-electron chi connectivity index (χ1n) is 9.49. The number of fused-ring (bicyclic) bond motifs is 2. The van der Waals surface area contributed by atoms with Crippen LogP contribution in [0.2, 0.25) is 0 Å². The van der Waals surface area contributed by atoms with Gasteiger partial charge in [0.15, 0.2) is 11.6 Å². The molecular weight excluding hydrogens is 390 g/mol. The number of aryl methyl sites for hydroxylation is 1. The largest absolute Gasteiger partial charge is 0.488 e. The Morgan fingerprint density at radius 1 is 1.23 bits per heavy atom. The molecule has 0 saturated carbocycles. The topological polar surface area (TPSA) is 74.3 Å². The van der Waals surface area contributed by atoms with Crippen LogP contribution in [0.25, 0.3) is 22.4 Å². The van der Waals surface area contributed by atoms with E-state index in [1.807, 2.05) is 36.1 Å². The van der Waals surface area contributed by atoms with Crippen LogP contribution in [0, 0.1) is 18.6 Å². The van der Waals surface area contributed by atoms with Gasteiger partial charge in [-0.3, -0.25) is 0 Å². The second kappa shape index (κ2) is 7.07. The van der Waals surface area contributed by atoms with Gasteiger partial charge in [-0.25, -0.2) is 18.7 Å². The van der Waals surface area contributed by atoms with E-state index in [1.165, 1.54) is 6.07 Å². The minimum Gasteiger partial charge on any atom is -0.488 e. The number of pyridine rings is 1. The van der Waals surface area contributed by atoms with Gasteiger partial charge in [-0.2, -0.15) is 0 Å². The predicted octanol–water partition coefficient (Wildman–Crippen LogP) is 4.10. The summed E-state index contributed by atoms with van der Waals surface area (Å²) in [4.78, 5) is 13.7. The summed E-state index contributed by atoms with van der Waals surface area (Å²) >= 11 is 0. The maximum atomic E-state index is 14.1. The van der Waals surface area contributed by atoms with Gasteiger partial charge in [-0.1, -0.05) is 12.1 Å². The minimum atomic E-state index is -0.732. The molecule has 0 fully saturated rings. The van der Waals surface area contributed by atoms with Crippen molar-refractivity contribution in [3.05, 3.63) is 65.9 Å². The van der Waals surface area contributed by atoms with E-state index >= 15 is 0 Å². The maximum absolute atomic E-state index is 14.1. The lowest BCUT2D eigenvalue weighted by atomic mass is 10.1. The molecule has 0 spiro atoms. The molecule has 0 amide bonds. The van der Waals surface area contributed by atoms with Crippen LogP contribution in [0.1, 0.15) is 5.56 Å². The summed E-state index contributed by atoms with van der Waals surface area (Å²) in [5.41, 5.74) is 2.67. The molecule has 1 aliphatic rings. The van der Waals surface area contributed by atoms with Crippen LogP contribution < -0.4 is 9.64 Å². The van der Waals surface area contributed by atoms with Crippen LogP contribution in [-0.2, 0) is 0 Å².